The van der Waals surface area contributed by atoms with Crippen LogP contribution in [0, 0.1) is 6.92 Å². The van der Waals surface area contributed by atoms with Gasteiger partial charge in [0.25, 0.3) is 0 Å². The Labute approximate surface area is 106 Å². The van der Waals surface area contributed by atoms with Crippen LogP contribution in [0.2, 0.25) is 0 Å². The molecular formula is C11H9N5OS. The van der Waals surface area contributed by atoms with E-state index in [1.807, 2.05) is 13.0 Å². The van der Waals surface area contributed by atoms with Crippen LogP contribution in [0.3, 0.4) is 0 Å². The molecular weight excluding hydrogens is 250 g/mol. The lowest BCUT2D eigenvalue weighted by Gasteiger charge is -1.97. The van der Waals surface area contributed by atoms with Crippen LogP contribution in [0.25, 0.3) is 10.1 Å². The standard InChI is InChI=1S/C11H9N5OS/c1-6-4-7-9(17)3-2-8(11(7)18-6)13-14-10-5-12-16-15-10/h2-5,17H,1H3,(H,12,15,16). The van der Waals surface area contributed by atoms with E-state index in [4.69, 9.17) is 0 Å². The highest BCUT2D eigenvalue weighted by Gasteiger charge is 2.08. The SMILES string of the molecule is Cc1cc2c(O)ccc(N=Nc3cn[nH]n3)c2s1. The van der Waals surface area contributed by atoms with Crippen molar-refractivity contribution in [1.29, 1.82) is 0 Å². The van der Waals surface area contributed by atoms with E-state index >= 15 is 0 Å². The third-order valence-corrected chi connectivity index (χ3v) is 3.50. The molecule has 3 aromatic rings. The summed E-state index contributed by atoms with van der Waals surface area (Å²) in [5.41, 5.74) is 0.712. The molecule has 0 unspecified atom stereocenters. The van der Waals surface area contributed by atoms with Crippen LogP contribution < -0.4 is 0 Å². The molecule has 90 valence electrons. The molecule has 0 fully saturated rings. The smallest absolute Gasteiger partial charge is 0.215 e. The van der Waals surface area contributed by atoms with Gasteiger partial charge in [0.2, 0.25) is 5.82 Å². The number of aromatic amines is 1. The number of nitrogens with one attached hydrogen (secondary N) is 1. The minimum Gasteiger partial charge on any atom is -0.507 e. The van der Waals surface area contributed by atoms with Crippen LogP contribution in [0.1, 0.15) is 4.88 Å². The van der Waals surface area contributed by atoms with E-state index in [1.165, 1.54) is 6.20 Å². The number of azo groups is 1. The first kappa shape index (κ1) is 10.8. The van der Waals surface area contributed by atoms with Crippen LogP contribution in [0.15, 0.2) is 34.6 Å². The first-order valence-electron chi connectivity index (χ1n) is 5.23. The molecule has 0 spiro atoms. The molecule has 0 aliphatic carbocycles. The van der Waals surface area contributed by atoms with Crippen molar-refractivity contribution in [3.05, 3.63) is 29.3 Å². The van der Waals surface area contributed by atoms with E-state index in [0.29, 0.717) is 11.5 Å². The highest BCUT2D eigenvalue weighted by Crippen LogP contribution is 2.38. The summed E-state index contributed by atoms with van der Waals surface area (Å²) in [5, 5.41) is 28.6. The Morgan fingerprint density at radius 3 is 3.00 bits per heavy atom. The van der Waals surface area contributed by atoms with Gasteiger partial charge in [-0.2, -0.15) is 10.3 Å². The number of aromatic nitrogens is 3. The van der Waals surface area contributed by atoms with Gasteiger partial charge in [0, 0.05) is 10.3 Å². The van der Waals surface area contributed by atoms with Gasteiger partial charge in [0.05, 0.1) is 10.9 Å². The summed E-state index contributed by atoms with van der Waals surface area (Å²) in [6.45, 7) is 1.99. The number of aryl methyl sites for hydroxylation is 1. The number of rotatable bonds is 2. The number of H-pyrrole nitrogens is 1. The van der Waals surface area contributed by atoms with Gasteiger partial charge in [-0.3, -0.25) is 0 Å². The predicted molar refractivity (Wildman–Crippen MR) is 68.8 cm³/mol. The van der Waals surface area contributed by atoms with E-state index in [9.17, 15) is 5.11 Å². The first-order chi connectivity index (χ1) is 8.74. The van der Waals surface area contributed by atoms with Crippen molar-refractivity contribution >= 4 is 32.9 Å². The van der Waals surface area contributed by atoms with Gasteiger partial charge >= 0.3 is 0 Å². The minimum absolute atomic E-state index is 0.259. The molecule has 0 aliphatic rings. The number of benzene rings is 1. The number of hydrogen-bond donors (Lipinski definition) is 2. The maximum absolute atomic E-state index is 9.77. The lowest BCUT2D eigenvalue weighted by molar-refractivity contribution is 0.482. The normalized spacial score (nSPS) is 11.6. The zero-order valence-electron chi connectivity index (χ0n) is 9.45. The second-order valence-electron chi connectivity index (χ2n) is 3.73. The molecule has 0 atom stereocenters. The second-order valence-corrected chi connectivity index (χ2v) is 4.99. The van der Waals surface area contributed by atoms with Crippen molar-refractivity contribution in [1.82, 2.24) is 15.4 Å². The number of fused-ring (bicyclic) bond motifs is 1. The fourth-order valence-corrected chi connectivity index (χ4v) is 2.63. The van der Waals surface area contributed by atoms with Crippen LogP contribution in [-0.2, 0) is 0 Å². The van der Waals surface area contributed by atoms with Crippen LogP contribution >= 0.6 is 11.3 Å². The summed E-state index contributed by atoms with van der Waals surface area (Å²) in [4.78, 5) is 1.12. The summed E-state index contributed by atoms with van der Waals surface area (Å²) in [6, 6.07) is 5.29. The van der Waals surface area contributed by atoms with Crippen molar-refractivity contribution < 1.29 is 5.11 Å². The van der Waals surface area contributed by atoms with Crippen molar-refractivity contribution in [3.8, 4) is 5.75 Å². The molecule has 3 rings (SSSR count). The molecule has 2 heterocycles. The highest BCUT2D eigenvalue weighted by atomic mass is 32.1. The van der Waals surface area contributed by atoms with Gasteiger partial charge in [-0.05, 0) is 25.1 Å². The average Bonchev–Trinajstić information content (AvgIpc) is 2.97. The molecule has 0 radical (unpaired) electrons. The third kappa shape index (κ3) is 1.84. The average molecular weight is 259 g/mol. The van der Waals surface area contributed by atoms with Crippen LogP contribution in [0.4, 0.5) is 11.5 Å². The van der Waals surface area contributed by atoms with E-state index in [2.05, 4.69) is 25.6 Å². The van der Waals surface area contributed by atoms with Crippen molar-refractivity contribution in [2.45, 2.75) is 6.92 Å². The topological polar surface area (TPSA) is 86.5 Å². The van der Waals surface area contributed by atoms with Gasteiger partial charge in [-0.25, -0.2) is 0 Å². The fraction of sp³-hybridized carbons (Fsp3) is 0.0909. The number of nitrogens with zero attached hydrogens (tertiary/aromatic N) is 4. The van der Waals surface area contributed by atoms with Crippen LogP contribution in [-0.4, -0.2) is 20.5 Å². The number of phenols is 1. The monoisotopic (exact) mass is 259 g/mol. The third-order valence-electron chi connectivity index (χ3n) is 2.43. The van der Waals surface area contributed by atoms with Gasteiger partial charge in [-0.15, -0.1) is 26.7 Å². The zero-order chi connectivity index (χ0) is 12.5. The Hall–Kier alpha value is -2.28. The molecule has 2 N–H and O–H groups in total. The Bertz CT molecular complexity index is 716. The van der Waals surface area contributed by atoms with E-state index in [0.717, 1.165) is 15.0 Å². The number of aromatic hydroxyl groups is 1. The maximum Gasteiger partial charge on any atom is 0.215 e. The van der Waals surface area contributed by atoms with E-state index in [-0.39, 0.29) is 5.75 Å². The Morgan fingerprint density at radius 1 is 1.33 bits per heavy atom. The number of phenolic OH excluding ortho intramolecular Hbond substituents is 1. The molecule has 0 saturated carbocycles. The summed E-state index contributed by atoms with van der Waals surface area (Å²) in [5.74, 6) is 0.680. The number of hydrogen-bond acceptors (Lipinski definition) is 6. The van der Waals surface area contributed by atoms with E-state index < -0.39 is 0 Å². The van der Waals surface area contributed by atoms with Gasteiger partial charge in [0.15, 0.2) is 0 Å². The fourth-order valence-electron chi connectivity index (χ4n) is 1.65. The minimum atomic E-state index is 0.259. The maximum atomic E-state index is 9.77. The van der Waals surface area contributed by atoms with Crippen molar-refractivity contribution in [2.24, 2.45) is 10.2 Å². The molecule has 7 heteroatoms. The largest absolute Gasteiger partial charge is 0.507 e. The summed E-state index contributed by atoms with van der Waals surface area (Å²) in [6.07, 6.45) is 1.49. The Kier molecular flexibility index (Phi) is 2.52. The first-order valence-corrected chi connectivity index (χ1v) is 6.05. The molecule has 0 bridgehead atoms. The summed E-state index contributed by atoms with van der Waals surface area (Å²) in [7, 11) is 0. The Morgan fingerprint density at radius 2 is 2.22 bits per heavy atom. The predicted octanol–water partition coefficient (Wildman–Crippen LogP) is 3.45. The summed E-state index contributed by atoms with van der Waals surface area (Å²) >= 11 is 1.57. The Balaban J connectivity index is 2.09. The quantitative estimate of drug-likeness (QED) is 0.691. The van der Waals surface area contributed by atoms with E-state index in [1.54, 1.807) is 23.5 Å². The van der Waals surface area contributed by atoms with Crippen molar-refractivity contribution in [3.63, 3.8) is 0 Å². The van der Waals surface area contributed by atoms with Crippen LogP contribution in [0.5, 0.6) is 5.75 Å². The molecule has 2 aromatic heterocycles. The van der Waals surface area contributed by atoms with Gasteiger partial charge in [-0.1, -0.05) is 0 Å². The summed E-state index contributed by atoms with van der Waals surface area (Å²) < 4.78 is 0.916. The number of thiophene rings is 1. The molecule has 0 saturated heterocycles. The molecule has 0 amide bonds. The lowest BCUT2D eigenvalue weighted by Crippen LogP contribution is -1.69. The molecule has 6 nitrogen and oxygen atoms in total. The molecule has 1 aromatic carbocycles. The molecule has 0 aliphatic heterocycles. The highest BCUT2D eigenvalue weighted by molar-refractivity contribution is 7.19. The molecule has 18 heavy (non-hydrogen) atoms. The lowest BCUT2D eigenvalue weighted by atomic mass is 10.2. The second kappa shape index (κ2) is 4.19. The van der Waals surface area contributed by atoms with Gasteiger partial charge < -0.3 is 5.11 Å². The van der Waals surface area contributed by atoms with Gasteiger partial charge in [0.1, 0.15) is 11.4 Å². The zero-order valence-corrected chi connectivity index (χ0v) is 10.3. The van der Waals surface area contributed by atoms with Crippen molar-refractivity contribution in [2.75, 3.05) is 0 Å².